The lowest BCUT2D eigenvalue weighted by Gasteiger charge is -2.19. The highest BCUT2D eigenvalue weighted by Gasteiger charge is 2.15. The zero-order valence-corrected chi connectivity index (χ0v) is 10.6. The van der Waals surface area contributed by atoms with Crippen molar-refractivity contribution in [3.63, 3.8) is 0 Å². The monoisotopic (exact) mass is 238 g/mol. The molecule has 0 atom stereocenters. The van der Waals surface area contributed by atoms with E-state index < -0.39 is 11.7 Å². The number of alkyl carbamates (subject to hydrolysis) is 1. The minimum atomic E-state index is -0.494. The first-order chi connectivity index (χ1) is 7.90. The molecule has 1 heterocycles. The van der Waals surface area contributed by atoms with Crippen LogP contribution in [0.25, 0.3) is 0 Å². The van der Waals surface area contributed by atoms with Gasteiger partial charge >= 0.3 is 6.09 Å². The number of ether oxygens (including phenoxy) is 2. The summed E-state index contributed by atoms with van der Waals surface area (Å²) in [5.41, 5.74) is 0.224. The van der Waals surface area contributed by atoms with E-state index in [1.165, 1.54) is 0 Å². The molecule has 0 aliphatic rings. The molecule has 0 saturated carbocycles. The molecular formula is C12H18N2O3. The van der Waals surface area contributed by atoms with Gasteiger partial charge in [-0.15, -0.1) is 0 Å². The highest BCUT2D eigenvalue weighted by Crippen LogP contribution is 2.08. The number of hydrogen-bond donors (Lipinski definition) is 1. The molecule has 1 aromatic heterocycles. The number of rotatable bonds is 3. The first-order valence-electron chi connectivity index (χ1n) is 5.37. The Hall–Kier alpha value is -1.78. The van der Waals surface area contributed by atoms with Crippen LogP contribution in [0.3, 0.4) is 0 Å². The average molecular weight is 238 g/mol. The highest BCUT2D eigenvalue weighted by atomic mass is 16.6. The molecule has 0 bridgehead atoms. The maximum atomic E-state index is 11.4. The Bertz CT molecular complexity index is 386. The minimum Gasteiger partial charge on any atom is -0.481 e. The number of nitrogens with one attached hydrogen (secondary N) is 1. The molecule has 1 N–H and O–H groups in total. The zero-order valence-electron chi connectivity index (χ0n) is 10.6. The van der Waals surface area contributed by atoms with E-state index in [1.807, 2.05) is 26.8 Å². The second-order valence-corrected chi connectivity index (χ2v) is 4.53. The summed E-state index contributed by atoms with van der Waals surface area (Å²) in [5, 5.41) is 2.63. The van der Waals surface area contributed by atoms with Crippen molar-refractivity contribution in [3.8, 4) is 5.88 Å². The van der Waals surface area contributed by atoms with Gasteiger partial charge in [-0.1, -0.05) is 6.07 Å². The van der Waals surface area contributed by atoms with Crippen molar-refractivity contribution in [1.29, 1.82) is 0 Å². The van der Waals surface area contributed by atoms with Crippen LogP contribution in [0.5, 0.6) is 5.88 Å². The zero-order chi connectivity index (χ0) is 12.9. The number of carbonyl (C=O) groups is 1. The maximum Gasteiger partial charge on any atom is 0.407 e. The number of aromatic nitrogens is 1. The number of carbonyl (C=O) groups excluding carboxylic acids is 1. The fourth-order valence-corrected chi connectivity index (χ4v) is 1.15. The van der Waals surface area contributed by atoms with E-state index in [2.05, 4.69) is 10.3 Å². The molecule has 1 rings (SSSR count). The summed E-state index contributed by atoms with van der Waals surface area (Å²) in [6.07, 6.45) is -0.456. The maximum absolute atomic E-state index is 11.4. The summed E-state index contributed by atoms with van der Waals surface area (Å²) < 4.78 is 10.1. The quantitative estimate of drug-likeness (QED) is 0.876. The second-order valence-electron chi connectivity index (χ2n) is 4.53. The van der Waals surface area contributed by atoms with Crippen molar-refractivity contribution in [3.05, 3.63) is 23.9 Å². The molecule has 0 aliphatic heterocycles. The third kappa shape index (κ3) is 5.19. The third-order valence-electron chi connectivity index (χ3n) is 1.80. The van der Waals surface area contributed by atoms with Crippen molar-refractivity contribution in [2.45, 2.75) is 32.9 Å². The molecule has 17 heavy (non-hydrogen) atoms. The SMILES string of the molecule is COc1cccc(CNC(=O)OC(C)(C)C)n1. The van der Waals surface area contributed by atoms with Crippen LogP contribution in [-0.4, -0.2) is 23.8 Å². The molecule has 5 heteroatoms. The fourth-order valence-electron chi connectivity index (χ4n) is 1.15. The lowest BCUT2D eigenvalue weighted by Crippen LogP contribution is -2.32. The Morgan fingerprint density at radius 2 is 2.12 bits per heavy atom. The second kappa shape index (κ2) is 5.52. The molecule has 94 valence electrons. The number of methoxy groups -OCH3 is 1. The largest absolute Gasteiger partial charge is 0.481 e. The first-order valence-corrected chi connectivity index (χ1v) is 5.37. The lowest BCUT2D eigenvalue weighted by molar-refractivity contribution is 0.0523. The van der Waals surface area contributed by atoms with Crippen LogP contribution in [0.1, 0.15) is 26.5 Å². The van der Waals surface area contributed by atoms with Gasteiger partial charge in [0.25, 0.3) is 0 Å². The number of amides is 1. The molecule has 0 spiro atoms. The Balaban J connectivity index is 2.47. The van der Waals surface area contributed by atoms with Gasteiger partial charge in [-0.05, 0) is 26.8 Å². The van der Waals surface area contributed by atoms with Crippen molar-refractivity contribution in [1.82, 2.24) is 10.3 Å². The van der Waals surface area contributed by atoms with Gasteiger partial charge in [-0.25, -0.2) is 9.78 Å². The first kappa shape index (κ1) is 13.3. The molecular weight excluding hydrogens is 220 g/mol. The summed E-state index contributed by atoms with van der Waals surface area (Å²) >= 11 is 0. The summed E-state index contributed by atoms with van der Waals surface area (Å²) in [6.45, 7) is 5.76. The van der Waals surface area contributed by atoms with Crippen LogP contribution in [0.4, 0.5) is 4.79 Å². The van der Waals surface area contributed by atoms with E-state index in [9.17, 15) is 4.79 Å². The van der Waals surface area contributed by atoms with Crippen molar-refractivity contribution >= 4 is 6.09 Å². The Labute approximate surface area is 101 Å². The number of pyridine rings is 1. The van der Waals surface area contributed by atoms with Gasteiger partial charge in [0.1, 0.15) is 5.60 Å². The summed E-state index contributed by atoms with van der Waals surface area (Å²) in [6, 6.07) is 5.37. The molecule has 0 radical (unpaired) electrons. The Kier molecular flexibility index (Phi) is 4.31. The van der Waals surface area contributed by atoms with Crippen molar-refractivity contribution < 1.29 is 14.3 Å². The van der Waals surface area contributed by atoms with Gasteiger partial charge < -0.3 is 14.8 Å². The van der Waals surface area contributed by atoms with Crippen molar-refractivity contribution in [2.24, 2.45) is 0 Å². The smallest absolute Gasteiger partial charge is 0.407 e. The molecule has 0 fully saturated rings. The van der Waals surface area contributed by atoms with Crippen LogP contribution in [-0.2, 0) is 11.3 Å². The van der Waals surface area contributed by atoms with Crippen LogP contribution in [0.2, 0.25) is 0 Å². The third-order valence-corrected chi connectivity index (χ3v) is 1.80. The summed E-state index contributed by atoms with van der Waals surface area (Å²) in [7, 11) is 1.55. The van der Waals surface area contributed by atoms with E-state index in [0.29, 0.717) is 12.4 Å². The fraction of sp³-hybridized carbons (Fsp3) is 0.500. The van der Waals surface area contributed by atoms with E-state index in [-0.39, 0.29) is 0 Å². The van der Waals surface area contributed by atoms with E-state index in [0.717, 1.165) is 5.69 Å². The Morgan fingerprint density at radius 3 is 2.71 bits per heavy atom. The number of nitrogens with zero attached hydrogens (tertiary/aromatic N) is 1. The molecule has 0 aliphatic carbocycles. The highest BCUT2D eigenvalue weighted by molar-refractivity contribution is 5.67. The van der Waals surface area contributed by atoms with Gasteiger partial charge in [-0.2, -0.15) is 0 Å². The molecule has 1 aromatic rings. The van der Waals surface area contributed by atoms with Crippen LogP contribution in [0, 0.1) is 0 Å². The van der Waals surface area contributed by atoms with E-state index in [4.69, 9.17) is 9.47 Å². The standard InChI is InChI=1S/C12H18N2O3/c1-12(2,3)17-11(15)13-8-9-6-5-7-10(14-9)16-4/h5-7H,8H2,1-4H3,(H,13,15). The van der Waals surface area contributed by atoms with Gasteiger partial charge in [0.05, 0.1) is 19.3 Å². The predicted octanol–water partition coefficient (Wildman–Crippen LogP) is 2.11. The minimum absolute atomic E-state index is 0.312. The van der Waals surface area contributed by atoms with Crippen LogP contribution in [0.15, 0.2) is 18.2 Å². The van der Waals surface area contributed by atoms with Gasteiger partial charge in [0, 0.05) is 6.07 Å². The normalized spacial score (nSPS) is 10.8. The van der Waals surface area contributed by atoms with Crippen LogP contribution >= 0.6 is 0 Å². The van der Waals surface area contributed by atoms with E-state index >= 15 is 0 Å². The lowest BCUT2D eigenvalue weighted by atomic mass is 10.2. The summed E-state index contributed by atoms with van der Waals surface area (Å²) in [5.74, 6) is 0.522. The molecule has 0 aromatic carbocycles. The molecule has 0 saturated heterocycles. The van der Waals surface area contributed by atoms with E-state index in [1.54, 1.807) is 19.2 Å². The summed E-state index contributed by atoms with van der Waals surface area (Å²) in [4.78, 5) is 15.6. The van der Waals surface area contributed by atoms with Gasteiger partial charge in [-0.3, -0.25) is 0 Å². The topological polar surface area (TPSA) is 60.5 Å². The molecule has 1 amide bonds. The van der Waals surface area contributed by atoms with Crippen molar-refractivity contribution in [2.75, 3.05) is 7.11 Å². The average Bonchev–Trinajstić information content (AvgIpc) is 2.24. The number of hydrogen-bond acceptors (Lipinski definition) is 4. The predicted molar refractivity (Wildman–Crippen MR) is 63.9 cm³/mol. The Morgan fingerprint density at radius 1 is 1.41 bits per heavy atom. The molecule has 5 nitrogen and oxygen atoms in total. The van der Waals surface area contributed by atoms with Crippen LogP contribution < -0.4 is 10.1 Å². The van der Waals surface area contributed by atoms with Gasteiger partial charge in [0.15, 0.2) is 0 Å². The van der Waals surface area contributed by atoms with Gasteiger partial charge in [0.2, 0.25) is 5.88 Å². The molecule has 0 unspecified atom stereocenters.